The van der Waals surface area contributed by atoms with Crippen molar-refractivity contribution in [3.63, 3.8) is 0 Å². The first kappa shape index (κ1) is 24.0. The van der Waals surface area contributed by atoms with E-state index in [1.54, 1.807) is 17.9 Å². The molecular formula is C20H25BrN4O4S. The van der Waals surface area contributed by atoms with E-state index in [1.165, 1.54) is 13.0 Å². The van der Waals surface area contributed by atoms with Crippen LogP contribution in [0.5, 0.6) is 5.75 Å². The summed E-state index contributed by atoms with van der Waals surface area (Å²) >= 11 is 0. The van der Waals surface area contributed by atoms with Crippen LogP contribution in [0, 0.1) is 19.3 Å². The summed E-state index contributed by atoms with van der Waals surface area (Å²) in [4.78, 5) is 18.9. The number of hydrogen-bond donors (Lipinski definition) is 3. The minimum Gasteiger partial charge on any atom is -0.507 e. The number of aromatic hydroxyl groups is 1. The molecule has 0 fully saturated rings. The number of benzene rings is 1. The third-order valence-electron chi connectivity index (χ3n) is 4.92. The first-order chi connectivity index (χ1) is 13.6. The second-order valence-electron chi connectivity index (χ2n) is 7.11. The second-order valence-corrected chi connectivity index (χ2v) is 9.21. The number of phenolic OH excluding ortho intramolecular Hbond substituents is 1. The summed E-state index contributed by atoms with van der Waals surface area (Å²) in [6.45, 7) is 5.37. The Morgan fingerprint density at radius 1 is 1.30 bits per heavy atom. The van der Waals surface area contributed by atoms with Gasteiger partial charge in [0, 0.05) is 35.5 Å². The van der Waals surface area contributed by atoms with E-state index in [4.69, 9.17) is 5.41 Å². The van der Waals surface area contributed by atoms with Gasteiger partial charge < -0.3 is 10.0 Å². The van der Waals surface area contributed by atoms with Crippen LogP contribution < -0.4 is 4.72 Å². The first-order valence-corrected chi connectivity index (χ1v) is 10.9. The maximum Gasteiger partial charge on any atom is 0.211 e. The lowest BCUT2D eigenvalue weighted by molar-refractivity contribution is 0.0962. The van der Waals surface area contributed by atoms with Crippen molar-refractivity contribution >= 4 is 38.6 Å². The van der Waals surface area contributed by atoms with Crippen LogP contribution in [0.3, 0.4) is 0 Å². The Balaban J connectivity index is 0.00000320. The fourth-order valence-electron chi connectivity index (χ4n) is 3.19. The molecule has 10 heteroatoms. The van der Waals surface area contributed by atoms with Crippen molar-refractivity contribution in [3.8, 4) is 5.75 Å². The van der Waals surface area contributed by atoms with E-state index in [0.29, 0.717) is 28.9 Å². The van der Waals surface area contributed by atoms with Gasteiger partial charge >= 0.3 is 0 Å². The van der Waals surface area contributed by atoms with Gasteiger partial charge in [-0.05, 0) is 44.5 Å². The van der Waals surface area contributed by atoms with Gasteiger partial charge in [0.2, 0.25) is 10.0 Å². The number of nitrogens with zero attached hydrogens (tertiary/aromatic N) is 2. The number of carbonyl (C=O) groups is 1. The summed E-state index contributed by atoms with van der Waals surface area (Å²) in [5, 5.41) is 18.6. The van der Waals surface area contributed by atoms with Crippen molar-refractivity contribution in [1.82, 2.24) is 14.6 Å². The summed E-state index contributed by atoms with van der Waals surface area (Å²) in [6, 6.07) is 6.87. The van der Waals surface area contributed by atoms with E-state index in [2.05, 4.69) is 9.71 Å². The van der Waals surface area contributed by atoms with Crippen LogP contribution in [0.15, 0.2) is 24.3 Å². The molecule has 3 N–H and O–H groups in total. The molecule has 0 unspecified atom stereocenters. The molecule has 0 atom stereocenters. The highest BCUT2D eigenvalue weighted by molar-refractivity contribution is 8.93. The van der Waals surface area contributed by atoms with E-state index in [0.717, 1.165) is 11.3 Å². The molecular weight excluding hydrogens is 472 g/mol. The fraction of sp³-hybridized carbons (Fsp3) is 0.350. The molecule has 0 amide bonds. The van der Waals surface area contributed by atoms with Gasteiger partial charge in [-0.15, -0.1) is 17.0 Å². The average molecular weight is 497 g/mol. The third kappa shape index (κ3) is 5.05. The standard InChI is InChI=1S/C20H24N4O4S.BrH/c1-4-29(27,28)22-9-16-8-15(7-12(2)19(16)26)17(25)11-24-10-14-6-5-13(3)23-18(14)20(24)21;/h5-8,21-22,26H,4,9-11H2,1-3H3;1H. The van der Waals surface area contributed by atoms with E-state index in [9.17, 15) is 18.3 Å². The van der Waals surface area contributed by atoms with Crippen LogP contribution in [0.4, 0.5) is 0 Å². The number of sulfonamides is 1. The Morgan fingerprint density at radius 3 is 2.67 bits per heavy atom. The van der Waals surface area contributed by atoms with Gasteiger partial charge in [0.1, 0.15) is 17.3 Å². The highest BCUT2D eigenvalue weighted by Gasteiger charge is 2.27. The van der Waals surface area contributed by atoms with Gasteiger partial charge in [-0.2, -0.15) is 0 Å². The summed E-state index contributed by atoms with van der Waals surface area (Å²) in [7, 11) is -3.43. The number of ketones is 1. The Morgan fingerprint density at radius 2 is 2.00 bits per heavy atom. The molecule has 30 heavy (non-hydrogen) atoms. The predicted molar refractivity (Wildman–Crippen MR) is 120 cm³/mol. The number of rotatable bonds is 7. The summed E-state index contributed by atoms with van der Waals surface area (Å²) < 4.78 is 25.8. The third-order valence-corrected chi connectivity index (χ3v) is 6.26. The molecule has 2 heterocycles. The van der Waals surface area contributed by atoms with Crippen molar-refractivity contribution < 1.29 is 18.3 Å². The molecule has 0 bridgehead atoms. The van der Waals surface area contributed by atoms with Crippen LogP contribution >= 0.6 is 17.0 Å². The lowest BCUT2D eigenvalue weighted by Gasteiger charge is -2.17. The van der Waals surface area contributed by atoms with Crippen molar-refractivity contribution in [2.24, 2.45) is 0 Å². The molecule has 0 radical (unpaired) electrons. The molecule has 1 aliphatic rings. The number of pyridine rings is 1. The van der Waals surface area contributed by atoms with E-state index < -0.39 is 10.0 Å². The van der Waals surface area contributed by atoms with Gasteiger partial charge in [-0.1, -0.05) is 6.07 Å². The minimum atomic E-state index is -3.43. The van der Waals surface area contributed by atoms with Gasteiger partial charge in [-0.3, -0.25) is 10.2 Å². The van der Waals surface area contributed by atoms with Crippen LogP contribution in [-0.4, -0.2) is 47.3 Å². The SMILES string of the molecule is Br.CCS(=O)(=O)NCc1cc(C(=O)CN2Cc3ccc(C)nc3C2=N)cc(C)c1O. The molecule has 8 nitrogen and oxygen atoms in total. The van der Waals surface area contributed by atoms with Gasteiger partial charge in [0.05, 0.1) is 12.3 Å². The lowest BCUT2D eigenvalue weighted by Crippen LogP contribution is -2.30. The highest BCUT2D eigenvalue weighted by Crippen LogP contribution is 2.26. The molecule has 1 aromatic heterocycles. The topological polar surface area (TPSA) is 123 Å². The molecule has 0 saturated heterocycles. The van der Waals surface area contributed by atoms with Gasteiger partial charge in [0.15, 0.2) is 5.78 Å². The lowest BCUT2D eigenvalue weighted by atomic mass is 10.0. The van der Waals surface area contributed by atoms with Crippen molar-refractivity contribution in [3.05, 3.63) is 57.9 Å². The largest absolute Gasteiger partial charge is 0.507 e. The molecule has 1 aliphatic heterocycles. The number of nitrogens with one attached hydrogen (secondary N) is 2. The van der Waals surface area contributed by atoms with Crippen LogP contribution in [0.2, 0.25) is 0 Å². The van der Waals surface area contributed by atoms with Gasteiger partial charge in [-0.25, -0.2) is 18.1 Å². The van der Waals surface area contributed by atoms with Crippen molar-refractivity contribution in [2.45, 2.75) is 33.9 Å². The maximum absolute atomic E-state index is 12.9. The summed E-state index contributed by atoms with van der Waals surface area (Å²) in [6.07, 6.45) is 0. The Bertz CT molecular complexity index is 1100. The number of halogens is 1. The number of phenols is 1. The Kier molecular flexibility index (Phi) is 7.38. The molecule has 2 aromatic rings. The summed E-state index contributed by atoms with van der Waals surface area (Å²) in [5.41, 5.74) is 3.49. The fourth-order valence-corrected chi connectivity index (χ4v) is 3.77. The van der Waals surface area contributed by atoms with E-state index >= 15 is 0 Å². The van der Waals surface area contributed by atoms with Crippen molar-refractivity contribution in [1.29, 1.82) is 5.41 Å². The number of fused-ring (bicyclic) bond motifs is 1. The zero-order valence-electron chi connectivity index (χ0n) is 17.0. The van der Waals surface area contributed by atoms with E-state index in [-0.39, 0.29) is 53.2 Å². The maximum atomic E-state index is 12.9. The number of hydrogen-bond acceptors (Lipinski definition) is 6. The Hall–Kier alpha value is -2.30. The first-order valence-electron chi connectivity index (χ1n) is 9.24. The minimum absolute atomic E-state index is 0. The second kappa shape index (κ2) is 9.23. The number of aromatic nitrogens is 1. The molecule has 162 valence electrons. The molecule has 0 aliphatic carbocycles. The number of amidine groups is 1. The quantitative estimate of drug-likeness (QED) is 0.505. The van der Waals surface area contributed by atoms with Crippen molar-refractivity contribution in [2.75, 3.05) is 12.3 Å². The van der Waals surface area contributed by atoms with E-state index in [1.807, 2.05) is 19.1 Å². The van der Waals surface area contributed by atoms with Crippen LogP contribution in [-0.2, 0) is 23.1 Å². The van der Waals surface area contributed by atoms with Gasteiger partial charge in [0.25, 0.3) is 0 Å². The molecule has 0 saturated carbocycles. The zero-order chi connectivity index (χ0) is 21.3. The average Bonchev–Trinajstić information content (AvgIpc) is 2.98. The number of aryl methyl sites for hydroxylation is 2. The molecule has 3 rings (SSSR count). The number of Topliss-reactive ketones (excluding diaryl/α,β-unsaturated/α-hetero) is 1. The Labute approximate surface area is 186 Å². The number of carbonyl (C=O) groups excluding carboxylic acids is 1. The molecule has 1 aromatic carbocycles. The smallest absolute Gasteiger partial charge is 0.211 e. The monoisotopic (exact) mass is 496 g/mol. The van der Waals surface area contributed by atoms with Crippen LogP contribution in [0.25, 0.3) is 0 Å². The normalized spacial score (nSPS) is 13.2. The molecule has 0 spiro atoms. The predicted octanol–water partition coefficient (Wildman–Crippen LogP) is 2.45. The summed E-state index contributed by atoms with van der Waals surface area (Å²) in [5.74, 6) is -0.122. The zero-order valence-corrected chi connectivity index (χ0v) is 19.6. The van der Waals surface area contributed by atoms with Crippen LogP contribution in [0.1, 0.15) is 45.4 Å². The highest BCUT2D eigenvalue weighted by atomic mass is 79.9.